The Morgan fingerprint density at radius 3 is 3.00 bits per heavy atom. The zero-order chi connectivity index (χ0) is 16.3. The fraction of sp³-hybridized carbons (Fsp3) is 0.647. The van der Waals surface area contributed by atoms with Gasteiger partial charge in [-0.3, -0.25) is 14.7 Å². The smallest absolute Gasteiger partial charge is 0.248 e. The number of pyridine rings is 1. The van der Waals surface area contributed by atoms with Gasteiger partial charge in [-0.1, -0.05) is 6.07 Å². The predicted octanol–water partition coefficient (Wildman–Crippen LogP) is 0.777. The third kappa shape index (κ3) is 3.71. The summed E-state index contributed by atoms with van der Waals surface area (Å²) in [5.41, 5.74) is 1.00. The Hall–Kier alpha value is -1.50. The molecule has 2 fully saturated rings. The largest absolute Gasteiger partial charge is 0.372 e. The average Bonchev–Trinajstić information content (AvgIpc) is 2.91. The van der Waals surface area contributed by atoms with Crippen LogP contribution in [0.3, 0.4) is 0 Å². The van der Waals surface area contributed by atoms with Crippen molar-refractivity contribution >= 4 is 5.91 Å². The van der Waals surface area contributed by atoms with Crippen LogP contribution in [-0.4, -0.2) is 73.3 Å². The molecule has 2 saturated heterocycles. The molecule has 126 valence electrons. The molecule has 0 bridgehead atoms. The molecule has 1 amide bonds. The highest BCUT2D eigenvalue weighted by Gasteiger charge is 2.52. The minimum Gasteiger partial charge on any atom is -0.372 e. The standard InChI is InChI=1S/C17H25N3O3/c1-19(2)16(21)11-22-10-14-6-8-23-17(14)12-20(13-17)9-15-5-3-4-7-18-15/h3-5,7,14H,6,8-13H2,1-2H3. The Kier molecular flexibility index (Phi) is 4.94. The second-order valence-corrected chi connectivity index (χ2v) is 6.67. The molecule has 1 unspecified atom stereocenters. The first-order chi connectivity index (χ1) is 11.1. The number of hydrogen-bond acceptors (Lipinski definition) is 5. The average molecular weight is 319 g/mol. The molecule has 1 spiro atoms. The van der Waals surface area contributed by atoms with Gasteiger partial charge in [0.05, 0.1) is 17.9 Å². The Bertz CT molecular complexity index is 529. The molecule has 3 heterocycles. The van der Waals surface area contributed by atoms with Crippen LogP contribution in [0.2, 0.25) is 0 Å². The van der Waals surface area contributed by atoms with Crippen molar-refractivity contribution in [2.24, 2.45) is 5.92 Å². The lowest BCUT2D eigenvalue weighted by Crippen LogP contribution is -2.64. The van der Waals surface area contributed by atoms with Crippen molar-refractivity contribution in [3.05, 3.63) is 30.1 Å². The summed E-state index contributed by atoms with van der Waals surface area (Å²) >= 11 is 0. The van der Waals surface area contributed by atoms with Crippen LogP contribution in [0, 0.1) is 5.92 Å². The summed E-state index contributed by atoms with van der Waals surface area (Å²) in [6, 6.07) is 6.00. The van der Waals surface area contributed by atoms with Crippen LogP contribution in [-0.2, 0) is 20.8 Å². The van der Waals surface area contributed by atoms with E-state index in [-0.39, 0.29) is 18.1 Å². The third-order valence-electron chi connectivity index (χ3n) is 4.74. The van der Waals surface area contributed by atoms with Crippen molar-refractivity contribution in [2.45, 2.75) is 18.6 Å². The number of aromatic nitrogens is 1. The molecular formula is C17H25N3O3. The van der Waals surface area contributed by atoms with Crippen LogP contribution in [0.15, 0.2) is 24.4 Å². The zero-order valence-electron chi connectivity index (χ0n) is 13.9. The van der Waals surface area contributed by atoms with E-state index in [9.17, 15) is 4.79 Å². The van der Waals surface area contributed by atoms with Crippen LogP contribution in [0.25, 0.3) is 0 Å². The minimum atomic E-state index is -0.0874. The SMILES string of the molecule is CN(C)C(=O)COCC1CCOC12CN(Cc1ccccn1)C2. The van der Waals surface area contributed by atoms with Gasteiger partial charge in [-0.2, -0.15) is 0 Å². The molecule has 6 heteroatoms. The highest BCUT2D eigenvalue weighted by Crippen LogP contribution is 2.40. The number of likely N-dealkylation sites (N-methyl/N-ethyl adjacent to an activating group) is 1. The molecule has 0 aromatic carbocycles. The second kappa shape index (κ2) is 6.95. The number of nitrogens with zero attached hydrogens (tertiary/aromatic N) is 3. The molecule has 2 aliphatic rings. The van der Waals surface area contributed by atoms with Gasteiger partial charge in [-0.05, 0) is 18.6 Å². The molecule has 0 aliphatic carbocycles. The van der Waals surface area contributed by atoms with Gasteiger partial charge in [-0.25, -0.2) is 0 Å². The summed E-state index contributed by atoms with van der Waals surface area (Å²) < 4.78 is 11.6. The molecule has 1 atom stereocenters. The number of amides is 1. The highest BCUT2D eigenvalue weighted by molar-refractivity contribution is 5.76. The Morgan fingerprint density at radius 1 is 1.48 bits per heavy atom. The molecule has 23 heavy (non-hydrogen) atoms. The fourth-order valence-electron chi connectivity index (χ4n) is 3.33. The van der Waals surface area contributed by atoms with Crippen molar-refractivity contribution < 1.29 is 14.3 Å². The molecular weight excluding hydrogens is 294 g/mol. The summed E-state index contributed by atoms with van der Waals surface area (Å²) in [4.78, 5) is 19.8. The maximum absolute atomic E-state index is 11.6. The van der Waals surface area contributed by atoms with Gasteiger partial charge in [0.1, 0.15) is 6.61 Å². The monoisotopic (exact) mass is 319 g/mol. The van der Waals surface area contributed by atoms with Crippen molar-refractivity contribution in [2.75, 3.05) is 47.0 Å². The fourth-order valence-corrected chi connectivity index (χ4v) is 3.33. The van der Waals surface area contributed by atoms with Crippen LogP contribution < -0.4 is 0 Å². The van der Waals surface area contributed by atoms with Gasteiger partial charge < -0.3 is 14.4 Å². The Labute approximate surface area is 137 Å². The molecule has 6 nitrogen and oxygen atoms in total. The first-order valence-corrected chi connectivity index (χ1v) is 8.13. The maximum atomic E-state index is 11.6. The van der Waals surface area contributed by atoms with Crippen molar-refractivity contribution in [1.29, 1.82) is 0 Å². The van der Waals surface area contributed by atoms with E-state index in [1.807, 2.05) is 24.4 Å². The Balaban J connectivity index is 1.46. The van der Waals surface area contributed by atoms with E-state index in [2.05, 4.69) is 9.88 Å². The lowest BCUT2D eigenvalue weighted by atomic mass is 9.81. The van der Waals surface area contributed by atoms with Gasteiger partial charge >= 0.3 is 0 Å². The topological polar surface area (TPSA) is 54.9 Å². The number of ether oxygens (including phenoxy) is 2. The summed E-state index contributed by atoms with van der Waals surface area (Å²) in [5.74, 6) is 0.376. The van der Waals surface area contributed by atoms with Gasteiger partial charge in [-0.15, -0.1) is 0 Å². The summed E-state index contributed by atoms with van der Waals surface area (Å²) in [5, 5.41) is 0. The van der Waals surface area contributed by atoms with Crippen LogP contribution in [0.5, 0.6) is 0 Å². The number of likely N-dealkylation sites (tertiary alicyclic amines) is 1. The number of hydrogen-bond donors (Lipinski definition) is 0. The first kappa shape index (κ1) is 16.4. The van der Waals surface area contributed by atoms with Crippen LogP contribution in [0.4, 0.5) is 0 Å². The predicted molar refractivity (Wildman–Crippen MR) is 85.8 cm³/mol. The highest BCUT2D eigenvalue weighted by atomic mass is 16.5. The third-order valence-corrected chi connectivity index (χ3v) is 4.74. The minimum absolute atomic E-state index is 0.00310. The molecule has 0 saturated carbocycles. The summed E-state index contributed by atoms with van der Waals surface area (Å²) in [6.45, 7) is 4.22. The molecule has 2 aliphatic heterocycles. The van der Waals surface area contributed by atoms with Crippen molar-refractivity contribution in [3.63, 3.8) is 0 Å². The van der Waals surface area contributed by atoms with Crippen molar-refractivity contribution in [1.82, 2.24) is 14.8 Å². The summed E-state index contributed by atoms with van der Waals surface area (Å²) in [6.07, 6.45) is 2.84. The van der Waals surface area contributed by atoms with E-state index in [1.54, 1.807) is 19.0 Å². The van der Waals surface area contributed by atoms with E-state index >= 15 is 0 Å². The molecule has 1 aromatic rings. The van der Waals surface area contributed by atoms with E-state index in [0.29, 0.717) is 12.5 Å². The molecule has 3 rings (SSSR count). The van der Waals surface area contributed by atoms with Crippen LogP contribution >= 0.6 is 0 Å². The maximum Gasteiger partial charge on any atom is 0.248 e. The lowest BCUT2D eigenvalue weighted by Gasteiger charge is -2.50. The van der Waals surface area contributed by atoms with Gasteiger partial charge in [0.2, 0.25) is 5.91 Å². The quantitative estimate of drug-likeness (QED) is 0.775. The molecule has 0 N–H and O–H groups in total. The number of rotatable bonds is 6. The Morgan fingerprint density at radius 2 is 2.30 bits per heavy atom. The normalized spacial score (nSPS) is 23.0. The lowest BCUT2D eigenvalue weighted by molar-refractivity contribution is -0.150. The van der Waals surface area contributed by atoms with E-state index in [0.717, 1.165) is 38.4 Å². The second-order valence-electron chi connectivity index (χ2n) is 6.67. The van der Waals surface area contributed by atoms with E-state index in [1.165, 1.54) is 0 Å². The number of carbonyl (C=O) groups is 1. The first-order valence-electron chi connectivity index (χ1n) is 8.13. The van der Waals surface area contributed by atoms with Gasteiger partial charge in [0.25, 0.3) is 0 Å². The van der Waals surface area contributed by atoms with Crippen molar-refractivity contribution in [3.8, 4) is 0 Å². The van der Waals surface area contributed by atoms with Crippen LogP contribution in [0.1, 0.15) is 12.1 Å². The molecule has 1 aromatic heterocycles. The van der Waals surface area contributed by atoms with E-state index < -0.39 is 0 Å². The molecule has 0 radical (unpaired) electrons. The van der Waals surface area contributed by atoms with E-state index in [4.69, 9.17) is 9.47 Å². The van der Waals surface area contributed by atoms with Gasteiger partial charge in [0.15, 0.2) is 0 Å². The zero-order valence-corrected chi connectivity index (χ0v) is 13.9. The summed E-state index contributed by atoms with van der Waals surface area (Å²) in [7, 11) is 3.49. The number of carbonyl (C=O) groups excluding carboxylic acids is 1. The van der Waals surface area contributed by atoms with Gasteiger partial charge in [0, 0.05) is 52.5 Å².